The number of ether oxygens (including phenoxy) is 1. The van der Waals surface area contributed by atoms with Crippen molar-refractivity contribution in [2.75, 3.05) is 12.4 Å². The van der Waals surface area contributed by atoms with Gasteiger partial charge >= 0.3 is 6.03 Å². The molecule has 3 rings (SSSR count). The molecule has 136 valence electrons. The van der Waals surface area contributed by atoms with Gasteiger partial charge in [-0.2, -0.15) is 0 Å². The van der Waals surface area contributed by atoms with Gasteiger partial charge in [0.15, 0.2) is 0 Å². The van der Waals surface area contributed by atoms with Crippen molar-refractivity contribution < 1.29 is 14.3 Å². The standard InChI is InChI=1S/C18H19ClN4O3/c1-26-16-7-2-11(9-20-16)10-21-18(25)23-13-5-6-15(19)14(8-13)17(24)22-12-3-4-12/h2,5-9,12H,3-4,10H2,1H3,(H,22,24)(H2,21,23,25). The third kappa shape index (κ3) is 4.86. The smallest absolute Gasteiger partial charge is 0.319 e. The van der Waals surface area contributed by atoms with Crippen LogP contribution in [0.3, 0.4) is 0 Å². The number of amides is 3. The van der Waals surface area contributed by atoms with Gasteiger partial charge in [-0.25, -0.2) is 9.78 Å². The summed E-state index contributed by atoms with van der Waals surface area (Å²) < 4.78 is 4.99. The van der Waals surface area contributed by atoms with Crippen LogP contribution >= 0.6 is 11.6 Å². The molecule has 1 aliphatic rings. The van der Waals surface area contributed by atoms with E-state index in [0.717, 1.165) is 18.4 Å². The maximum absolute atomic E-state index is 12.2. The second-order valence-corrected chi connectivity index (χ2v) is 6.37. The Morgan fingerprint density at radius 3 is 2.73 bits per heavy atom. The molecule has 0 bridgehead atoms. The molecule has 0 unspecified atom stereocenters. The Morgan fingerprint density at radius 2 is 2.08 bits per heavy atom. The number of benzene rings is 1. The Morgan fingerprint density at radius 1 is 1.27 bits per heavy atom. The number of hydrogen-bond donors (Lipinski definition) is 3. The van der Waals surface area contributed by atoms with Gasteiger partial charge in [0.1, 0.15) is 0 Å². The minimum absolute atomic E-state index is 0.231. The number of pyridine rings is 1. The summed E-state index contributed by atoms with van der Waals surface area (Å²) in [5, 5.41) is 8.64. The van der Waals surface area contributed by atoms with E-state index in [-0.39, 0.29) is 11.9 Å². The molecule has 1 aromatic carbocycles. The maximum atomic E-state index is 12.2. The molecule has 1 aromatic heterocycles. The predicted octanol–water partition coefficient (Wildman–Crippen LogP) is 2.96. The molecule has 0 aliphatic heterocycles. The van der Waals surface area contributed by atoms with Crippen molar-refractivity contribution in [2.24, 2.45) is 0 Å². The SMILES string of the molecule is COc1ccc(CNC(=O)Nc2ccc(Cl)c(C(=O)NC3CC3)c2)cn1. The van der Waals surface area contributed by atoms with Crippen LogP contribution < -0.4 is 20.7 Å². The molecular formula is C18H19ClN4O3. The summed E-state index contributed by atoms with van der Waals surface area (Å²) in [5.74, 6) is 0.280. The topological polar surface area (TPSA) is 92.4 Å². The average Bonchev–Trinajstić information content (AvgIpc) is 3.46. The first kappa shape index (κ1) is 18.0. The Labute approximate surface area is 156 Å². The van der Waals surface area contributed by atoms with Crippen LogP contribution in [0.4, 0.5) is 10.5 Å². The first-order valence-corrected chi connectivity index (χ1v) is 8.57. The number of nitrogens with one attached hydrogen (secondary N) is 3. The fourth-order valence-corrected chi connectivity index (χ4v) is 2.47. The average molecular weight is 375 g/mol. The highest BCUT2D eigenvalue weighted by molar-refractivity contribution is 6.34. The zero-order valence-electron chi connectivity index (χ0n) is 14.2. The molecule has 1 saturated carbocycles. The predicted molar refractivity (Wildman–Crippen MR) is 98.6 cm³/mol. The summed E-state index contributed by atoms with van der Waals surface area (Å²) >= 11 is 6.09. The zero-order valence-corrected chi connectivity index (χ0v) is 15.0. The highest BCUT2D eigenvalue weighted by atomic mass is 35.5. The lowest BCUT2D eigenvalue weighted by Gasteiger charge is -2.11. The van der Waals surface area contributed by atoms with Crippen LogP contribution in [-0.2, 0) is 6.54 Å². The van der Waals surface area contributed by atoms with Crippen molar-refractivity contribution in [3.8, 4) is 5.88 Å². The van der Waals surface area contributed by atoms with Gasteiger partial charge in [0.2, 0.25) is 5.88 Å². The van der Waals surface area contributed by atoms with E-state index in [2.05, 4.69) is 20.9 Å². The molecule has 1 aliphatic carbocycles. The number of hydrogen-bond acceptors (Lipinski definition) is 4. The number of halogens is 1. The summed E-state index contributed by atoms with van der Waals surface area (Å²) in [7, 11) is 1.54. The van der Waals surface area contributed by atoms with Crippen LogP contribution in [0.1, 0.15) is 28.8 Å². The van der Waals surface area contributed by atoms with Crippen LogP contribution in [0.25, 0.3) is 0 Å². The van der Waals surface area contributed by atoms with Crippen molar-refractivity contribution in [2.45, 2.75) is 25.4 Å². The van der Waals surface area contributed by atoms with Gasteiger partial charge in [-0.3, -0.25) is 4.79 Å². The Bertz CT molecular complexity index is 807. The van der Waals surface area contributed by atoms with Gasteiger partial charge in [-0.05, 0) is 36.6 Å². The molecule has 26 heavy (non-hydrogen) atoms. The number of carbonyl (C=O) groups excluding carboxylic acids is 2. The fourth-order valence-electron chi connectivity index (χ4n) is 2.26. The van der Waals surface area contributed by atoms with E-state index in [0.29, 0.717) is 28.7 Å². The minimum Gasteiger partial charge on any atom is -0.481 e. The van der Waals surface area contributed by atoms with E-state index >= 15 is 0 Å². The number of urea groups is 1. The largest absolute Gasteiger partial charge is 0.481 e. The molecule has 7 nitrogen and oxygen atoms in total. The second kappa shape index (κ2) is 8.05. The van der Waals surface area contributed by atoms with Crippen molar-refractivity contribution in [3.63, 3.8) is 0 Å². The molecule has 3 N–H and O–H groups in total. The lowest BCUT2D eigenvalue weighted by atomic mass is 10.2. The number of nitrogens with zero attached hydrogens (tertiary/aromatic N) is 1. The highest BCUT2D eigenvalue weighted by Crippen LogP contribution is 2.24. The number of carbonyl (C=O) groups is 2. The molecule has 0 radical (unpaired) electrons. The van der Waals surface area contributed by atoms with E-state index in [4.69, 9.17) is 16.3 Å². The van der Waals surface area contributed by atoms with Gasteiger partial charge in [0.05, 0.1) is 17.7 Å². The van der Waals surface area contributed by atoms with Gasteiger partial charge in [0, 0.05) is 30.5 Å². The molecule has 8 heteroatoms. The Kier molecular flexibility index (Phi) is 5.58. The zero-order chi connectivity index (χ0) is 18.5. The normalized spacial score (nSPS) is 13.0. The summed E-state index contributed by atoms with van der Waals surface area (Å²) in [5.41, 5.74) is 1.66. The third-order valence-corrected chi connectivity index (χ3v) is 4.17. The van der Waals surface area contributed by atoms with E-state index in [1.807, 2.05) is 6.07 Å². The quantitative estimate of drug-likeness (QED) is 0.724. The first-order valence-electron chi connectivity index (χ1n) is 8.19. The highest BCUT2D eigenvalue weighted by Gasteiger charge is 2.24. The molecule has 1 heterocycles. The molecule has 0 saturated heterocycles. The maximum Gasteiger partial charge on any atom is 0.319 e. The van der Waals surface area contributed by atoms with E-state index < -0.39 is 6.03 Å². The number of anilines is 1. The first-order chi connectivity index (χ1) is 12.5. The molecule has 0 atom stereocenters. The summed E-state index contributed by atoms with van der Waals surface area (Å²) in [4.78, 5) is 28.3. The van der Waals surface area contributed by atoms with Crippen LogP contribution in [0.2, 0.25) is 5.02 Å². The van der Waals surface area contributed by atoms with Crippen molar-refractivity contribution in [1.82, 2.24) is 15.6 Å². The molecular weight excluding hydrogens is 356 g/mol. The van der Waals surface area contributed by atoms with Crippen LogP contribution in [0.5, 0.6) is 5.88 Å². The van der Waals surface area contributed by atoms with Gasteiger partial charge in [0.25, 0.3) is 5.91 Å². The number of aromatic nitrogens is 1. The van der Waals surface area contributed by atoms with E-state index in [1.54, 1.807) is 37.6 Å². The van der Waals surface area contributed by atoms with Gasteiger partial charge in [-0.15, -0.1) is 0 Å². The van der Waals surface area contributed by atoms with E-state index in [9.17, 15) is 9.59 Å². The number of methoxy groups -OCH3 is 1. The van der Waals surface area contributed by atoms with Gasteiger partial charge < -0.3 is 20.7 Å². The van der Waals surface area contributed by atoms with Crippen LogP contribution in [0.15, 0.2) is 36.5 Å². The summed E-state index contributed by atoms with van der Waals surface area (Å²) in [6, 6.07) is 8.17. The van der Waals surface area contributed by atoms with E-state index in [1.165, 1.54) is 0 Å². The third-order valence-electron chi connectivity index (χ3n) is 3.84. The molecule has 3 amide bonds. The van der Waals surface area contributed by atoms with Crippen LogP contribution in [-0.4, -0.2) is 30.1 Å². The fraction of sp³-hybridized carbons (Fsp3) is 0.278. The minimum atomic E-state index is -0.392. The van der Waals surface area contributed by atoms with Crippen molar-refractivity contribution in [1.29, 1.82) is 0 Å². The monoisotopic (exact) mass is 374 g/mol. The number of rotatable bonds is 6. The second-order valence-electron chi connectivity index (χ2n) is 5.96. The Hall–Kier alpha value is -2.80. The summed E-state index contributed by atoms with van der Waals surface area (Å²) in [6.45, 7) is 0.311. The lowest BCUT2D eigenvalue weighted by molar-refractivity contribution is 0.0951. The molecule has 1 fully saturated rings. The van der Waals surface area contributed by atoms with Crippen molar-refractivity contribution >= 4 is 29.2 Å². The van der Waals surface area contributed by atoms with Crippen molar-refractivity contribution in [3.05, 3.63) is 52.7 Å². The Balaban J connectivity index is 1.56. The van der Waals surface area contributed by atoms with Gasteiger partial charge in [-0.1, -0.05) is 17.7 Å². The summed E-state index contributed by atoms with van der Waals surface area (Å²) in [6.07, 6.45) is 3.61. The molecule has 2 aromatic rings. The van der Waals surface area contributed by atoms with Crippen LogP contribution in [0, 0.1) is 0 Å². The lowest BCUT2D eigenvalue weighted by Crippen LogP contribution is -2.29. The molecule has 0 spiro atoms.